The third kappa shape index (κ3) is 4.93. The minimum absolute atomic E-state index is 0.0434. The summed E-state index contributed by atoms with van der Waals surface area (Å²) in [6, 6.07) is 3.33. The molecule has 0 radical (unpaired) electrons. The van der Waals surface area contributed by atoms with Crippen LogP contribution in [0.2, 0.25) is 0 Å². The van der Waals surface area contributed by atoms with Crippen LogP contribution in [0.1, 0.15) is 11.1 Å². The first-order chi connectivity index (χ1) is 9.34. The number of benzene rings is 1. The van der Waals surface area contributed by atoms with Crippen LogP contribution in [0.25, 0.3) is 6.08 Å². The van der Waals surface area contributed by atoms with Gasteiger partial charge in [0.2, 0.25) is 0 Å². The zero-order valence-corrected chi connectivity index (χ0v) is 10.6. The molecule has 1 rings (SSSR count). The van der Waals surface area contributed by atoms with Gasteiger partial charge in [-0.2, -0.15) is 13.2 Å². The predicted octanol–water partition coefficient (Wildman–Crippen LogP) is 2.83. The molecule has 0 aliphatic heterocycles. The average molecular weight is 290 g/mol. The van der Waals surface area contributed by atoms with Crippen LogP contribution in [0, 0.1) is 0 Å². The summed E-state index contributed by atoms with van der Waals surface area (Å²) in [6.07, 6.45) is -3.06. The summed E-state index contributed by atoms with van der Waals surface area (Å²) in [7, 11) is 1.45. The van der Waals surface area contributed by atoms with E-state index in [9.17, 15) is 18.0 Å². The van der Waals surface area contributed by atoms with E-state index in [1.165, 1.54) is 13.2 Å². The normalized spacial score (nSPS) is 11.8. The highest BCUT2D eigenvalue weighted by atomic mass is 19.4. The summed E-state index contributed by atoms with van der Waals surface area (Å²) in [5.74, 6) is -1.28. The maximum atomic E-state index is 12.9. The van der Waals surface area contributed by atoms with Crippen molar-refractivity contribution in [1.82, 2.24) is 0 Å². The SMILES string of the molecule is COCCOc1ccc(/C=C/C(=O)O)c(C(F)(F)F)c1. The highest BCUT2D eigenvalue weighted by Gasteiger charge is 2.33. The molecule has 0 aliphatic rings. The van der Waals surface area contributed by atoms with Gasteiger partial charge in [0.25, 0.3) is 0 Å². The Balaban J connectivity index is 3.04. The Hall–Kier alpha value is -2.02. The molecule has 0 saturated heterocycles. The van der Waals surface area contributed by atoms with E-state index in [1.807, 2.05) is 0 Å². The van der Waals surface area contributed by atoms with Crippen LogP contribution in [0.3, 0.4) is 0 Å². The van der Waals surface area contributed by atoms with E-state index in [0.717, 1.165) is 18.2 Å². The molecule has 0 spiro atoms. The zero-order valence-electron chi connectivity index (χ0n) is 10.6. The van der Waals surface area contributed by atoms with Gasteiger partial charge >= 0.3 is 12.1 Å². The first-order valence-electron chi connectivity index (χ1n) is 5.58. The van der Waals surface area contributed by atoms with E-state index in [0.29, 0.717) is 6.08 Å². The molecule has 1 aromatic carbocycles. The topological polar surface area (TPSA) is 55.8 Å². The van der Waals surface area contributed by atoms with Crippen molar-refractivity contribution >= 4 is 12.0 Å². The second kappa shape index (κ2) is 6.95. The van der Waals surface area contributed by atoms with Crippen LogP contribution in [0.4, 0.5) is 13.2 Å². The number of rotatable bonds is 6. The van der Waals surface area contributed by atoms with Gasteiger partial charge in [-0.25, -0.2) is 4.79 Å². The summed E-state index contributed by atoms with van der Waals surface area (Å²) >= 11 is 0. The first kappa shape index (κ1) is 16.0. The highest BCUT2D eigenvalue weighted by Crippen LogP contribution is 2.35. The van der Waals surface area contributed by atoms with Gasteiger partial charge in [0.15, 0.2) is 0 Å². The van der Waals surface area contributed by atoms with Gasteiger partial charge in [-0.1, -0.05) is 6.07 Å². The average Bonchev–Trinajstić information content (AvgIpc) is 2.36. The lowest BCUT2D eigenvalue weighted by Gasteiger charge is -2.13. The van der Waals surface area contributed by atoms with Crippen LogP contribution in [0.15, 0.2) is 24.3 Å². The lowest BCUT2D eigenvalue weighted by atomic mass is 10.1. The Morgan fingerprint density at radius 1 is 1.35 bits per heavy atom. The summed E-state index contributed by atoms with van der Waals surface area (Å²) in [5.41, 5.74) is -1.19. The van der Waals surface area contributed by atoms with Crippen LogP contribution in [-0.2, 0) is 15.7 Å². The number of halogens is 3. The fourth-order valence-corrected chi connectivity index (χ4v) is 1.42. The number of carboxylic acids is 1. The molecule has 1 aromatic rings. The quantitative estimate of drug-likeness (QED) is 0.646. The van der Waals surface area contributed by atoms with Gasteiger partial charge < -0.3 is 14.6 Å². The second-order valence-electron chi connectivity index (χ2n) is 3.76. The number of methoxy groups -OCH3 is 1. The van der Waals surface area contributed by atoms with E-state index in [1.54, 1.807) is 0 Å². The minimum atomic E-state index is -4.60. The molecule has 1 N–H and O–H groups in total. The Kier molecular flexibility index (Phi) is 5.57. The largest absolute Gasteiger partial charge is 0.491 e. The van der Waals surface area contributed by atoms with Gasteiger partial charge in [0, 0.05) is 13.2 Å². The maximum Gasteiger partial charge on any atom is 0.417 e. The van der Waals surface area contributed by atoms with Crippen LogP contribution in [0.5, 0.6) is 5.75 Å². The summed E-state index contributed by atoms with van der Waals surface area (Å²) in [5, 5.41) is 8.46. The van der Waals surface area contributed by atoms with Gasteiger partial charge in [-0.3, -0.25) is 0 Å². The smallest absolute Gasteiger partial charge is 0.417 e. The number of ether oxygens (including phenoxy) is 2. The third-order valence-corrected chi connectivity index (χ3v) is 2.29. The van der Waals surface area contributed by atoms with E-state index < -0.39 is 17.7 Å². The fourth-order valence-electron chi connectivity index (χ4n) is 1.42. The Morgan fingerprint density at radius 3 is 2.60 bits per heavy atom. The fraction of sp³-hybridized carbons (Fsp3) is 0.308. The predicted molar refractivity (Wildman–Crippen MR) is 65.5 cm³/mol. The van der Waals surface area contributed by atoms with Gasteiger partial charge in [-0.15, -0.1) is 0 Å². The number of hydrogen-bond donors (Lipinski definition) is 1. The van der Waals surface area contributed by atoms with Crippen molar-refractivity contribution in [3.63, 3.8) is 0 Å². The molecule has 20 heavy (non-hydrogen) atoms. The van der Waals surface area contributed by atoms with E-state index in [2.05, 4.69) is 0 Å². The Labute approximate surface area is 113 Å². The number of hydrogen-bond acceptors (Lipinski definition) is 3. The molecule has 0 aromatic heterocycles. The number of carboxylic acid groups (broad SMARTS) is 1. The number of carbonyl (C=O) groups is 1. The summed E-state index contributed by atoms with van der Waals surface area (Å²) in [6.45, 7) is 0.375. The van der Waals surface area contributed by atoms with E-state index in [4.69, 9.17) is 14.6 Å². The number of aliphatic carboxylic acids is 1. The van der Waals surface area contributed by atoms with Crippen molar-refractivity contribution in [2.24, 2.45) is 0 Å². The molecule has 0 amide bonds. The van der Waals surface area contributed by atoms with Crippen molar-refractivity contribution in [3.8, 4) is 5.75 Å². The maximum absolute atomic E-state index is 12.9. The van der Waals surface area contributed by atoms with Gasteiger partial charge in [0.05, 0.1) is 12.2 Å². The standard InChI is InChI=1S/C13H13F3O4/c1-19-6-7-20-10-4-2-9(3-5-12(17)18)11(8-10)13(14,15)16/h2-5,8H,6-7H2,1H3,(H,17,18)/b5-3+. The molecule has 0 aliphatic carbocycles. The van der Waals surface area contributed by atoms with Crippen molar-refractivity contribution < 1.29 is 32.5 Å². The first-order valence-corrected chi connectivity index (χ1v) is 5.58. The second-order valence-corrected chi connectivity index (χ2v) is 3.76. The van der Waals surface area contributed by atoms with Gasteiger partial charge in [-0.05, 0) is 23.8 Å². The lowest BCUT2D eigenvalue weighted by Crippen LogP contribution is -2.09. The molecule has 110 valence electrons. The van der Waals surface area contributed by atoms with Crippen molar-refractivity contribution in [1.29, 1.82) is 0 Å². The van der Waals surface area contributed by atoms with Crippen LogP contribution < -0.4 is 4.74 Å². The zero-order chi connectivity index (χ0) is 15.2. The van der Waals surface area contributed by atoms with E-state index >= 15 is 0 Å². The molecule has 0 unspecified atom stereocenters. The molecule has 0 bridgehead atoms. The molecule has 0 atom stereocenters. The van der Waals surface area contributed by atoms with Crippen molar-refractivity contribution in [3.05, 3.63) is 35.4 Å². The Morgan fingerprint density at radius 2 is 2.05 bits per heavy atom. The van der Waals surface area contributed by atoms with Crippen molar-refractivity contribution in [2.45, 2.75) is 6.18 Å². The monoisotopic (exact) mass is 290 g/mol. The number of alkyl halides is 3. The highest BCUT2D eigenvalue weighted by molar-refractivity contribution is 5.85. The molecular formula is C13H13F3O4. The summed E-state index contributed by atoms with van der Waals surface area (Å²) < 4.78 is 48.5. The molecule has 0 fully saturated rings. The van der Waals surface area contributed by atoms with Gasteiger partial charge in [0.1, 0.15) is 12.4 Å². The molecule has 0 saturated carbocycles. The van der Waals surface area contributed by atoms with Crippen LogP contribution in [-0.4, -0.2) is 31.4 Å². The lowest BCUT2D eigenvalue weighted by molar-refractivity contribution is -0.138. The van der Waals surface area contributed by atoms with E-state index in [-0.39, 0.29) is 24.5 Å². The summed E-state index contributed by atoms with van der Waals surface area (Å²) in [4.78, 5) is 10.4. The molecule has 4 nitrogen and oxygen atoms in total. The van der Waals surface area contributed by atoms with Crippen LogP contribution >= 0.6 is 0 Å². The minimum Gasteiger partial charge on any atom is -0.491 e. The molecular weight excluding hydrogens is 277 g/mol. The molecule has 7 heteroatoms. The third-order valence-electron chi connectivity index (χ3n) is 2.29. The van der Waals surface area contributed by atoms with Crippen molar-refractivity contribution in [2.75, 3.05) is 20.3 Å². The Bertz CT molecular complexity index is 495. The molecule has 0 heterocycles.